The molecule has 3 nitrogen and oxygen atoms in total. The Kier molecular flexibility index (Phi) is 4.46. The number of fused-ring (bicyclic) bond motifs is 3. The van der Waals surface area contributed by atoms with Gasteiger partial charge in [-0.25, -0.2) is 0 Å². The van der Waals surface area contributed by atoms with Crippen molar-refractivity contribution in [2.24, 2.45) is 0 Å². The summed E-state index contributed by atoms with van der Waals surface area (Å²) >= 11 is 0. The Morgan fingerprint density at radius 3 is 2.00 bits per heavy atom. The monoisotopic (exact) mass is 323 g/mol. The molecule has 1 saturated heterocycles. The highest BCUT2D eigenvalue weighted by molar-refractivity contribution is 5.99. The van der Waals surface area contributed by atoms with Crippen molar-refractivity contribution in [2.45, 2.75) is 45.3 Å². The second-order valence-electron chi connectivity index (χ2n) is 6.29. The molecule has 1 aliphatic carbocycles. The molecule has 2 aromatic carbocycles. The van der Waals surface area contributed by atoms with Gasteiger partial charge in [-0.15, -0.1) is 0 Å². The molecule has 0 aromatic heterocycles. The van der Waals surface area contributed by atoms with Crippen LogP contribution in [0.25, 0.3) is 11.1 Å². The molecule has 1 atom stereocenters. The second kappa shape index (κ2) is 6.40. The molecular formula is C21H25NO2. The predicted molar refractivity (Wildman–Crippen MR) is 96.6 cm³/mol. The maximum Gasteiger partial charge on any atom is 0.264 e. The average Bonchev–Trinajstić information content (AvgIpc) is 3.18. The number of benzene rings is 2. The van der Waals surface area contributed by atoms with Crippen LogP contribution >= 0.6 is 0 Å². The van der Waals surface area contributed by atoms with E-state index in [0.717, 1.165) is 30.5 Å². The van der Waals surface area contributed by atoms with Crippen LogP contribution in [-0.4, -0.2) is 28.5 Å². The summed E-state index contributed by atoms with van der Waals surface area (Å²) in [4.78, 5) is 15.0. The summed E-state index contributed by atoms with van der Waals surface area (Å²) in [5.74, 6) is -0.185. The van der Waals surface area contributed by atoms with Crippen LogP contribution in [-0.2, 0) is 10.4 Å². The largest absolute Gasteiger partial charge is 0.372 e. The Hall–Kier alpha value is -2.13. The van der Waals surface area contributed by atoms with E-state index in [1.807, 2.05) is 67.3 Å². The van der Waals surface area contributed by atoms with Crippen molar-refractivity contribution in [3.05, 3.63) is 59.7 Å². The highest BCUT2D eigenvalue weighted by Crippen LogP contribution is 2.48. The average molecular weight is 323 g/mol. The van der Waals surface area contributed by atoms with Gasteiger partial charge in [0, 0.05) is 23.7 Å². The Morgan fingerprint density at radius 2 is 1.54 bits per heavy atom. The maximum atomic E-state index is 13.2. The minimum Gasteiger partial charge on any atom is -0.372 e. The number of amides is 1. The van der Waals surface area contributed by atoms with Gasteiger partial charge in [-0.2, -0.15) is 0 Å². The van der Waals surface area contributed by atoms with Crippen molar-refractivity contribution in [1.82, 2.24) is 4.90 Å². The van der Waals surface area contributed by atoms with Crippen LogP contribution < -0.4 is 0 Å². The quantitative estimate of drug-likeness (QED) is 0.863. The van der Waals surface area contributed by atoms with E-state index in [9.17, 15) is 9.90 Å². The minimum absolute atomic E-state index is 0.185. The standard InChI is InChI=1S/C19H19NO2.C2H6/c1-13-7-6-12-20(13)18(21)19(22)16-10-4-2-8-14(16)15-9-3-5-11-17(15)19;1-2/h2-5,8-11,13,22H,6-7,12H2,1H3;1-2H3. The first kappa shape index (κ1) is 16.7. The van der Waals surface area contributed by atoms with Crippen molar-refractivity contribution in [3.63, 3.8) is 0 Å². The lowest BCUT2D eigenvalue weighted by molar-refractivity contribution is -0.148. The Labute approximate surface area is 143 Å². The molecule has 2 aliphatic rings. The Morgan fingerprint density at radius 1 is 1.04 bits per heavy atom. The number of rotatable bonds is 1. The predicted octanol–water partition coefficient (Wildman–Crippen LogP) is 3.94. The van der Waals surface area contributed by atoms with Crippen molar-refractivity contribution >= 4 is 5.91 Å². The number of aliphatic hydroxyl groups is 1. The van der Waals surface area contributed by atoms with Crippen molar-refractivity contribution < 1.29 is 9.90 Å². The van der Waals surface area contributed by atoms with Gasteiger partial charge in [-0.3, -0.25) is 4.79 Å². The highest BCUT2D eigenvalue weighted by Gasteiger charge is 2.50. The highest BCUT2D eigenvalue weighted by atomic mass is 16.3. The third-order valence-electron chi connectivity index (χ3n) is 5.05. The molecule has 0 spiro atoms. The zero-order valence-corrected chi connectivity index (χ0v) is 14.6. The molecule has 3 heteroatoms. The third-order valence-corrected chi connectivity index (χ3v) is 5.05. The molecule has 126 valence electrons. The molecule has 1 heterocycles. The molecule has 0 saturated carbocycles. The van der Waals surface area contributed by atoms with Crippen molar-refractivity contribution in [3.8, 4) is 11.1 Å². The fourth-order valence-electron chi connectivity index (χ4n) is 3.89. The summed E-state index contributed by atoms with van der Waals surface area (Å²) in [6.45, 7) is 6.79. The van der Waals surface area contributed by atoms with Crippen LogP contribution in [0.4, 0.5) is 0 Å². The molecule has 1 fully saturated rings. The van der Waals surface area contributed by atoms with Gasteiger partial charge in [0.25, 0.3) is 5.91 Å². The molecule has 1 unspecified atom stereocenters. The van der Waals surface area contributed by atoms with Crippen LogP contribution in [0.2, 0.25) is 0 Å². The Balaban J connectivity index is 0.000000815. The van der Waals surface area contributed by atoms with Crippen LogP contribution in [0.1, 0.15) is 44.7 Å². The third kappa shape index (κ3) is 2.27. The first-order valence-electron chi connectivity index (χ1n) is 8.87. The second-order valence-corrected chi connectivity index (χ2v) is 6.29. The van der Waals surface area contributed by atoms with Gasteiger partial charge < -0.3 is 10.0 Å². The molecule has 1 N–H and O–H groups in total. The van der Waals surface area contributed by atoms with Crippen LogP contribution in [0.3, 0.4) is 0 Å². The fraction of sp³-hybridized carbons (Fsp3) is 0.381. The van der Waals surface area contributed by atoms with Gasteiger partial charge in [0.15, 0.2) is 5.60 Å². The Bertz CT molecular complexity index is 708. The summed E-state index contributed by atoms with van der Waals surface area (Å²) in [5.41, 5.74) is 1.79. The van der Waals surface area contributed by atoms with E-state index in [4.69, 9.17) is 0 Å². The van der Waals surface area contributed by atoms with E-state index in [1.165, 1.54) is 0 Å². The van der Waals surface area contributed by atoms with E-state index in [-0.39, 0.29) is 11.9 Å². The molecule has 1 amide bonds. The van der Waals surface area contributed by atoms with Crippen LogP contribution in [0, 0.1) is 0 Å². The molecule has 2 aromatic rings. The molecule has 0 radical (unpaired) electrons. The lowest BCUT2D eigenvalue weighted by Gasteiger charge is -2.32. The van der Waals surface area contributed by atoms with Crippen LogP contribution in [0.15, 0.2) is 48.5 Å². The maximum absolute atomic E-state index is 13.2. The van der Waals surface area contributed by atoms with Crippen molar-refractivity contribution in [2.75, 3.05) is 6.54 Å². The van der Waals surface area contributed by atoms with E-state index >= 15 is 0 Å². The first-order chi connectivity index (χ1) is 11.6. The number of likely N-dealkylation sites (tertiary alicyclic amines) is 1. The van der Waals surface area contributed by atoms with E-state index in [0.29, 0.717) is 11.1 Å². The lowest BCUT2D eigenvalue weighted by Crippen LogP contribution is -2.48. The number of hydrogen-bond acceptors (Lipinski definition) is 2. The zero-order valence-electron chi connectivity index (χ0n) is 14.6. The molecule has 0 bridgehead atoms. The van der Waals surface area contributed by atoms with Gasteiger partial charge in [-0.1, -0.05) is 62.4 Å². The van der Waals surface area contributed by atoms with Gasteiger partial charge in [0.2, 0.25) is 0 Å². The van der Waals surface area contributed by atoms with E-state index in [2.05, 4.69) is 6.92 Å². The number of nitrogens with zero attached hydrogens (tertiary/aromatic N) is 1. The smallest absolute Gasteiger partial charge is 0.264 e. The number of hydrogen-bond donors (Lipinski definition) is 1. The summed E-state index contributed by atoms with van der Waals surface area (Å²) < 4.78 is 0. The lowest BCUT2D eigenvalue weighted by atomic mass is 9.89. The summed E-state index contributed by atoms with van der Waals surface area (Å²) in [6, 6.07) is 15.6. The van der Waals surface area contributed by atoms with E-state index in [1.54, 1.807) is 0 Å². The molecule has 24 heavy (non-hydrogen) atoms. The van der Waals surface area contributed by atoms with Crippen LogP contribution in [0.5, 0.6) is 0 Å². The molecule has 1 aliphatic heterocycles. The first-order valence-corrected chi connectivity index (χ1v) is 8.87. The number of carbonyl (C=O) groups is 1. The van der Waals surface area contributed by atoms with Crippen molar-refractivity contribution in [1.29, 1.82) is 0 Å². The SMILES string of the molecule is CC.CC1CCCN1C(=O)C1(O)c2ccccc2-c2ccccc21. The topological polar surface area (TPSA) is 40.5 Å². The van der Waals surface area contributed by atoms with E-state index < -0.39 is 5.60 Å². The zero-order chi connectivity index (χ0) is 17.3. The normalized spacial score (nSPS) is 20.0. The van der Waals surface area contributed by atoms with Gasteiger partial charge >= 0.3 is 0 Å². The summed E-state index contributed by atoms with van der Waals surface area (Å²) in [6.07, 6.45) is 2.01. The summed E-state index contributed by atoms with van der Waals surface area (Å²) in [5, 5.41) is 11.5. The molecule has 4 rings (SSSR count). The molecular weight excluding hydrogens is 298 g/mol. The van der Waals surface area contributed by atoms with Gasteiger partial charge in [0.05, 0.1) is 0 Å². The van der Waals surface area contributed by atoms with Gasteiger partial charge in [0.1, 0.15) is 0 Å². The fourth-order valence-corrected chi connectivity index (χ4v) is 3.89. The van der Waals surface area contributed by atoms with Gasteiger partial charge in [-0.05, 0) is 30.9 Å². The number of carbonyl (C=O) groups excluding carboxylic acids is 1. The summed E-state index contributed by atoms with van der Waals surface area (Å²) in [7, 11) is 0. The minimum atomic E-state index is -1.55.